The van der Waals surface area contributed by atoms with E-state index in [1.807, 2.05) is 0 Å². The zero-order chi connectivity index (χ0) is 9.30. The standard InChI is InChI=1S/C6H2Br3F2N/c7-2-1-3(6(10)11)12-5(9)4(2)8/h1,6H. The van der Waals surface area contributed by atoms with Crippen molar-refractivity contribution < 1.29 is 8.78 Å². The van der Waals surface area contributed by atoms with Crippen molar-refractivity contribution in [2.45, 2.75) is 6.43 Å². The Morgan fingerprint density at radius 2 is 1.83 bits per heavy atom. The molecule has 0 aliphatic heterocycles. The second kappa shape index (κ2) is 4.11. The number of rotatable bonds is 1. The van der Waals surface area contributed by atoms with Crippen molar-refractivity contribution in [1.82, 2.24) is 4.98 Å². The monoisotopic (exact) mass is 363 g/mol. The first-order chi connectivity index (χ1) is 5.52. The average Bonchev–Trinajstić information content (AvgIpc) is 1.99. The average molecular weight is 366 g/mol. The Kier molecular flexibility index (Phi) is 3.60. The molecule has 6 heteroatoms. The van der Waals surface area contributed by atoms with E-state index < -0.39 is 6.43 Å². The summed E-state index contributed by atoms with van der Waals surface area (Å²) in [6, 6.07) is 1.28. The van der Waals surface area contributed by atoms with Gasteiger partial charge in [0.1, 0.15) is 10.3 Å². The van der Waals surface area contributed by atoms with Crippen LogP contribution in [0.2, 0.25) is 0 Å². The minimum atomic E-state index is -2.55. The molecule has 1 aromatic heterocycles. The summed E-state index contributed by atoms with van der Waals surface area (Å²) in [4.78, 5) is 3.62. The third-order valence-corrected chi connectivity index (χ3v) is 4.18. The lowest BCUT2D eigenvalue weighted by Crippen LogP contribution is -1.91. The van der Waals surface area contributed by atoms with Gasteiger partial charge in [0.15, 0.2) is 0 Å². The normalized spacial score (nSPS) is 10.8. The predicted octanol–water partition coefficient (Wildman–Crippen LogP) is 4.31. The maximum atomic E-state index is 12.1. The molecule has 66 valence electrons. The molecule has 0 unspecified atom stereocenters. The summed E-state index contributed by atoms with van der Waals surface area (Å²) >= 11 is 9.32. The first-order valence-corrected chi connectivity index (χ1v) is 5.20. The van der Waals surface area contributed by atoms with Crippen LogP contribution in [0.4, 0.5) is 8.78 Å². The molecule has 0 saturated heterocycles. The van der Waals surface area contributed by atoms with Gasteiger partial charge in [-0.15, -0.1) is 0 Å². The lowest BCUT2D eigenvalue weighted by atomic mass is 10.4. The number of nitrogens with zero attached hydrogens (tertiary/aromatic N) is 1. The topological polar surface area (TPSA) is 12.9 Å². The Morgan fingerprint density at radius 1 is 1.25 bits per heavy atom. The van der Waals surface area contributed by atoms with Gasteiger partial charge in [-0.05, 0) is 53.9 Å². The second-order valence-corrected chi connectivity index (χ2v) is 4.33. The van der Waals surface area contributed by atoms with E-state index in [9.17, 15) is 8.78 Å². The molecule has 0 amide bonds. The molecule has 1 heterocycles. The Morgan fingerprint density at radius 3 is 2.25 bits per heavy atom. The van der Waals surface area contributed by atoms with Crippen LogP contribution in [0.1, 0.15) is 12.1 Å². The molecular weight excluding hydrogens is 364 g/mol. The van der Waals surface area contributed by atoms with Crippen LogP contribution >= 0.6 is 47.8 Å². The molecule has 0 aliphatic rings. The van der Waals surface area contributed by atoms with E-state index in [-0.39, 0.29) is 5.69 Å². The third kappa shape index (κ3) is 2.23. The molecule has 0 N–H and O–H groups in total. The van der Waals surface area contributed by atoms with Crippen molar-refractivity contribution in [2.24, 2.45) is 0 Å². The zero-order valence-electron chi connectivity index (χ0n) is 5.49. The maximum Gasteiger partial charge on any atom is 0.280 e. The van der Waals surface area contributed by atoms with Gasteiger partial charge in [-0.3, -0.25) is 0 Å². The van der Waals surface area contributed by atoms with Crippen LogP contribution in [0.3, 0.4) is 0 Å². The van der Waals surface area contributed by atoms with Crippen molar-refractivity contribution in [3.8, 4) is 0 Å². The van der Waals surface area contributed by atoms with Gasteiger partial charge < -0.3 is 0 Å². The van der Waals surface area contributed by atoms with Crippen molar-refractivity contribution in [1.29, 1.82) is 0 Å². The molecule has 0 aliphatic carbocycles. The molecule has 1 rings (SSSR count). The van der Waals surface area contributed by atoms with Crippen LogP contribution < -0.4 is 0 Å². The maximum absolute atomic E-state index is 12.1. The minimum absolute atomic E-state index is 0.253. The van der Waals surface area contributed by atoms with E-state index >= 15 is 0 Å². The van der Waals surface area contributed by atoms with Gasteiger partial charge in [-0.1, -0.05) is 0 Å². The SMILES string of the molecule is FC(F)c1cc(Br)c(Br)c(Br)n1. The smallest absolute Gasteiger partial charge is 0.239 e. The molecule has 0 saturated carbocycles. The fourth-order valence-corrected chi connectivity index (χ4v) is 1.91. The number of alkyl halides is 2. The zero-order valence-corrected chi connectivity index (χ0v) is 10.2. The van der Waals surface area contributed by atoms with Gasteiger partial charge in [0.2, 0.25) is 0 Å². The fraction of sp³-hybridized carbons (Fsp3) is 0.167. The van der Waals surface area contributed by atoms with Gasteiger partial charge in [0.25, 0.3) is 6.43 Å². The van der Waals surface area contributed by atoms with Crippen molar-refractivity contribution >= 4 is 47.8 Å². The predicted molar refractivity (Wildman–Crippen MR) is 52.3 cm³/mol. The van der Waals surface area contributed by atoms with Crippen LogP contribution in [0.15, 0.2) is 19.6 Å². The summed E-state index contributed by atoms with van der Waals surface area (Å²) in [6.45, 7) is 0. The van der Waals surface area contributed by atoms with E-state index in [0.717, 1.165) is 0 Å². The Labute approximate surface area is 92.9 Å². The van der Waals surface area contributed by atoms with E-state index in [1.165, 1.54) is 6.07 Å². The Balaban J connectivity index is 3.21. The third-order valence-electron chi connectivity index (χ3n) is 1.12. The van der Waals surface area contributed by atoms with E-state index in [1.54, 1.807) is 0 Å². The Bertz CT molecular complexity index is 280. The van der Waals surface area contributed by atoms with Crippen molar-refractivity contribution in [2.75, 3.05) is 0 Å². The highest BCUT2D eigenvalue weighted by molar-refractivity contribution is 9.14. The van der Waals surface area contributed by atoms with Crippen LogP contribution in [0.5, 0.6) is 0 Å². The summed E-state index contributed by atoms with van der Waals surface area (Å²) in [5.74, 6) is 0. The lowest BCUT2D eigenvalue weighted by Gasteiger charge is -2.03. The van der Waals surface area contributed by atoms with Gasteiger partial charge in [0.05, 0.1) is 4.47 Å². The van der Waals surface area contributed by atoms with Crippen LogP contribution in [0.25, 0.3) is 0 Å². The van der Waals surface area contributed by atoms with Crippen LogP contribution in [0, 0.1) is 0 Å². The van der Waals surface area contributed by atoms with Gasteiger partial charge in [0, 0.05) is 4.47 Å². The number of hydrogen-bond acceptors (Lipinski definition) is 1. The van der Waals surface area contributed by atoms with E-state index in [2.05, 4.69) is 52.8 Å². The minimum Gasteiger partial charge on any atom is -0.239 e. The number of hydrogen-bond donors (Lipinski definition) is 0. The second-order valence-electron chi connectivity index (χ2n) is 1.93. The molecule has 0 bridgehead atoms. The molecular formula is C6H2Br3F2N. The molecule has 0 aromatic carbocycles. The summed E-state index contributed by atoms with van der Waals surface area (Å²) in [5.41, 5.74) is -0.253. The fourth-order valence-electron chi connectivity index (χ4n) is 0.598. The summed E-state index contributed by atoms with van der Waals surface area (Å²) in [7, 11) is 0. The lowest BCUT2D eigenvalue weighted by molar-refractivity contribution is 0.146. The largest absolute Gasteiger partial charge is 0.280 e. The molecule has 1 nitrogen and oxygen atoms in total. The van der Waals surface area contributed by atoms with Gasteiger partial charge in [-0.2, -0.15) is 0 Å². The summed E-state index contributed by atoms with van der Waals surface area (Å²) in [5, 5.41) is 0. The number of pyridine rings is 1. The van der Waals surface area contributed by atoms with Crippen molar-refractivity contribution in [3.05, 3.63) is 25.3 Å². The Hall–Kier alpha value is 0.450. The van der Waals surface area contributed by atoms with E-state index in [4.69, 9.17) is 0 Å². The van der Waals surface area contributed by atoms with Crippen LogP contribution in [-0.4, -0.2) is 4.98 Å². The molecule has 12 heavy (non-hydrogen) atoms. The first kappa shape index (κ1) is 10.5. The molecule has 1 aromatic rings. The van der Waals surface area contributed by atoms with Gasteiger partial charge in [-0.25, -0.2) is 13.8 Å². The summed E-state index contributed by atoms with van der Waals surface area (Å²) in [6.07, 6.45) is -2.55. The number of halogens is 5. The highest BCUT2D eigenvalue weighted by atomic mass is 79.9. The first-order valence-electron chi connectivity index (χ1n) is 2.82. The highest BCUT2D eigenvalue weighted by Gasteiger charge is 2.13. The molecule has 0 atom stereocenters. The molecule has 0 radical (unpaired) electrons. The molecule has 0 spiro atoms. The van der Waals surface area contributed by atoms with E-state index in [0.29, 0.717) is 13.5 Å². The van der Waals surface area contributed by atoms with Gasteiger partial charge >= 0.3 is 0 Å². The number of aromatic nitrogens is 1. The molecule has 0 fully saturated rings. The van der Waals surface area contributed by atoms with Crippen molar-refractivity contribution in [3.63, 3.8) is 0 Å². The summed E-state index contributed by atoms with van der Waals surface area (Å²) < 4.78 is 25.8. The quantitative estimate of drug-likeness (QED) is 0.676. The highest BCUT2D eigenvalue weighted by Crippen LogP contribution is 2.32. The van der Waals surface area contributed by atoms with Crippen LogP contribution in [-0.2, 0) is 0 Å².